The zero-order valence-corrected chi connectivity index (χ0v) is 14.0. The summed E-state index contributed by atoms with van der Waals surface area (Å²) in [6.07, 6.45) is 6.22. The predicted octanol–water partition coefficient (Wildman–Crippen LogP) is 2.54. The lowest BCUT2D eigenvalue weighted by atomic mass is 10.0. The van der Waals surface area contributed by atoms with Crippen LogP contribution < -0.4 is 9.80 Å². The molecular weight excluding hydrogens is 326 g/mol. The van der Waals surface area contributed by atoms with E-state index in [1.165, 1.54) is 18.4 Å². The van der Waals surface area contributed by atoms with Crippen LogP contribution in [-0.2, 0) is 10.2 Å². The van der Waals surface area contributed by atoms with E-state index < -0.39 is 0 Å². The molecule has 0 amide bonds. The smallest absolute Gasteiger partial charge is 0.224 e. The number of nitrogens with zero attached hydrogens (tertiary/aromatic N) is 5. The molecule has 7 heteroatoms. The molecule has 1 spiro atoms. The summed E-state index contributed by atoms with van der Waals surface area (Å²) < 4.78 is 5.40. The molecule has 2 aromatic rings. The zero-order chi connectivity index (χ0) is 16.1. The number of pyridine rings is 1. The lowest BCUT2D eigenvalue weighted by Gasteiger charge is -2.28. The number of morpholine rings is 1. The van der Waals surface area contributed by atoms with Crippen LogP contribution in [0.25, 0.3) is 0 Å². The van der Waals surface area contributed by atoms with Crippen molar-refractivity contribution in [3.8, 4) is 0 Å². The fourth-order valence-electron chi connectivity index (χ4n) is 3.70. The SMILES string of the molecule is Clc1ncc2c(n1)N(c1ccc(N3CCOCC3)nc1)CC21CC1. The summed E-state index contributed by atoms with van der Waals surface area (Å²) in [4.78, 5) is 17.8. The number of ether oxygens (including phenoxy) is 1. The molecule has 3 aliphatic rings. The first-order valence-electron chi connectivity index (χ1n) is 8.35. The average molecular weight is 344 g/mol. The van der Waals surface area contributed by atoms with Crippen molar-refractivity contribution in [3.05, 3.63) is 35.4 Å². The van der Waals surface area contributed by atoms with Gasteiger partial charge in [-0.2, -0.15) is 4.98 Å². The summed E-state index contributed by atoms with van der Waals surface area (Å²) in [5.41, 5.74) is 2.51. The van der Waals surface area contributed by atoms with E-state index in [1.807, 2.05) is 12.4 Å². The summed E-state index contributed by atoms with van der Waals surface area (Å²) in [5.74, 6) is 1.94. The number of fused-ring (bicyclic) bond motifs is 2. The molecule has 1 saturated carbocycles. The maximum atomic E-state index is 6.03. The highest BCUT2D eigenvalue weighted by Crippen LogP contribution is 2.57. The van der Waals surface area contributed by atoms with Gasteiger partial charge in [0, 0.05) is 36.8 Å². The lowest BCUT2D eigenvalue weighted by Crippen LogP contribution is -2.36. The number of hydrogen-bond donors (Lipinski definition) is 0. The molecule has 0 unspecified atom stereocenters. The highest BCUT2D eigenvalue weighted by molar-refractivity contribution is 6.28. The van der Waals surface area contributed by atoms with Gasteiger partial charge in [-0.15, -0.1) is 0 Å². The minimum atomic E-state index is 0.225. The van der Waals surface area contributed by atoms with Gasteiger partial charge in [-0.25, -0.2) is 9.97 Å². The summed E-state index contributed by atoms with van der Waals surface area (Å²) in [6, 6.07) is 4.21. The Hall–Kier alpha value is -1.92. The molecule has 2 aliphatic heterocycles. The molecule has 5 rings (SSSR count). The van der Waals surface area contributed by atoms with Gasteiger partial charge in [-0.1, -0.05) is 0 Å². The van der Waals surface area contributed by atoms with Crippen LogP contribution >= 0.6 is 11.6 Å². The Morgan fingerprint density at radius 2 is 1.92 bits per heavy atom. The van der Waals surface area contributed by atoms with E-state index in [2.05, 4.69) is 36.9 Å². The quantitative estimate of drug-likeness (QED) is 0.781. The van der Waals surface area contributed by atoms with Crippen molar-refractivity contribution in [1.82, 2.24) is 15.0 Å². The molecule has 0 radical (unpaired) electrons. The Kier molecular flexibility index (Phi) is 3.18. The maximum Gasteiger partial charge on any atom is 0.224 e. The third-order valence-electron chi connectivity index (χ3n) is 5.26. The Morgan fingerprint density at radius 1 is 1.08 bits per heavy atom. The largest absolute Gasteiger partial charge is 0.378 e. The van der Waals surface area contributed by atoms with Gasteiger partial charge in [-0.05, 0) is 36.6 Å². The number of hydrogen-bond acceptors (Lipinski definition) is 6. The minimum Gasteiger partial charge on any atom is -0.378 e. The van der Waals surface area contributed by atoms with Gasteiger partial charge in [0.1, 0.15) is 11.6 Å². The summed E-state index contributed by atoms with van der Waals surface area (Å²) in [5, 5.41) is 0.300. The molecular formula is C17H18ClN5O. The monoisotopic (exact) mass is 343 g/mol. The number of aromatic nitrogens is 3. The van der Waals surface area contributed by atoms with Gasteiger partial charge in [-0.3, -0.25) is 0 Å². The Labute approximate surface area is 145 Å². The fourth-order valence-corrected chi connectivity index (χ4v) is 3.83. The van der Waals surface area contributed by atoms with Crippen LogP contribution in [0.2, 0.25) is 5.28 Å². The van der Waals surface area contributed by atoms with E-state index in [9.17, 15) is 0 Å². The molecule has 1 saturated heterocycles. The highest BCUT2D eigenvalue weighted by Gasteiger charge is 2.53. The predicted molar refractivity (Wildman–Crippen MR) is 92.2 cm³/mol. The molecule has 6 nitrogen and oxygen atoms in total. The normalized spacial score (nSPS) is 21.2. The van der Waals surface area contributed by atoms with Gasteiger partial charge in [0.15, 0.2) is 0 Å². The summed E-state index contributed by atoms with van der Waals surface area (Å²) in [7, 11) is 0. The summed E-state index contributed by atoms with van der Waals surface area (Å²) in [6.45, 7) is 4.26. The van der Waals surface area contributed by atoms with Crippen LogP contribution in [0.1, 0.15) is 18.4 Å². The number of halogens is 1. The molecule has 24 heavy (non-hydrogen) atoms. The molecule has 0 atom stereocenters. The number of anilines is 3. The first-order chi connectivity index (χ1) is 11.8. The van der Waals surface area contributed by atoms with Crippen molar-refractivity contribution >= 4 is 28.9 Å². The third-order valence-corrected chi connectivity index (χ3v) is 5.44. The van der Waals surface area contributed by atoms with Gasteiger partial charge < -0.3 is 14.5 Å². The topological polar surface area (TPSA) is 54.4 Å². The standard InChI is InChI=1S/C17H18ClN5O/c18-16-20-10-13-15(21-16)23(11-17(13)3-4-17)12-1-2-14(19-9-12)22-5-7-24-8-6-22/h1-2,9-10H,3-8,11H2. The molecule has 0 bridgehead atoms. The van der Waals surface area contributed by atoms with Crippen molar-refractivity contribution in [2.24, 2.45) is 0 Å². The average Bonchev–Trinajstić information content (AvgIpc) is 3.34. The first kappa shape index (κ1) is 14.4. The fraction of sp³-hybridized carbons (Fsp3) is 0.471. The molecule has 0 N–H and O–H groups in total. The molecule has 2 fully saturated rings. The van der Waals surface area contributed by atoms with Crippen LogP contribution in [0.15, 0.2) is 24.5 Å². The second kappa shape index (κ2) is 5.29. The van der Waals surface area contributed by atoms with Gasteiger partial charge >= 0.3 is 0 Å². The Bertz CT molecular complexity index is 771. The van der Waals surface area contributed by atoms with Crippen LogP contribution in [0, 0.1) is 0 Å². The van der Waals surface area contributed by atoms with E-state index in [1.54, 1.807) is 0 Å². The van der Waals surface area contributed by atoms with Crippen LogP contribution in [0.3, 0.4) is 0 Å². The van der Waals surface area contributed by atoms with Crippen molar-refractivity contribution in [2.45, 2.75) is 18.3 Å². The summed E-state index contributed by atoms with van der Waals surface area (Å²) >= 11 is 6.03. The Balaban J connectivity index is 1.46. The Morgan fingerprint density at radius 3 is 2.62 bits per heavy atom. The zero-order valence-electron chi connectivity index (χ0n) is 13.3. The van der Waals surface area contributed by atoms with E-state index in [-0.39, 0.29) is 5.41 Å². The second-order valence-electron chi connectivity index (χ2n) is 6.72. The van der Waals surface area contributed by atoms with Crippen molar-refractivity contribution in [2.75, 3.05) is 42.6 Å². The van der Waals surface area contributed by atoms with Crippen molar-refractivity contribution in [3.63, 3.8) is 0 Å². The van der Waals surface area contributed by atoms with E-state index in [4.69, 9.17) is 16.3 Å². The van der Waals surface area contributed by atoms with Gasteiger partial charge in [0.05, 0.1) is 25.1 Å². The van der Waals surface area contributed by atoms with Crippen LogP contribution in [0.4, 0.5) is 17.3 Å². The van der Waals surface area contributed by atoms with Gasteiger partial charge in [0.2, 0.25) is 5.28 Å². The van der Waals surface area contributed by atoms with E-state index in [0.717, 1.165) is 50.2 Å². The molecule has 1 aliphatic carbocycles. The minimum absolute atomic E-state index is 0.225. The van der Waals surface area contributed by atoms with Crippen molar-refractivity contribution < 1.29 is 4.74 Å². The number of rotatable bonds is 2. The molecule has 124 valence electrons. The molecule has 4 heterocycles. The van der Waals surface area contributed by atoms with Gasteiger partial charge in [0.25, 0.3) is 0 Å². The molecule has 2 aromatic heterocycles. The van der Waals surface area contributed by atoms with E-state index >= 15 is 0 Å². The van der Waals surface area contributed by atoms with Crippen LogP contribution in [0.5, 0.6) is 0 Å². The first-order valence-corrected chi connectivity index (χ1v) is 8.72. The van der Waals surface area contributed by atoms with Crippen LogP contribution in [-0.4, -0.2) is 47.8 Å². The van der Waals surface area contributed by atoms with Crippen molar-refractivity contribution in [1.29, 1.82) is 0 Å². The maximum absolute atomic E-state index is 6.03. The second-order valence-corrected chi connectivity index (χ2v) is 7.05. The molecule has 0 aromatic carbocycles. The highest BCUT2D eigenvalue weighted by atomic mass is 35.5. The van der Waals surface area contributed by atoms with E-state index in [0.29, 0.717) is 5.28 Å². The third kappa shape index (κ3) is 2.24. The lowest BCUT2D eigenvalue weighted by molar-refractivity contribution is 0.122.